The molecule has 4 heterocycles. The number of aliphatic hydroxyl groups is 1. The molecule has 3 N–H and O–H groups in total. The summed E-state index contributed by atoms with van der Waals surface area (Å²) in [5.41, 5.74) is 1.37. The van der Waals surface area contributed by atoms with Gasteiger partial charge < -0.3 is 20.3 Å². The van der Waals surface area contributed by atoms with Crippen LogP contribution in [0.5, 0.6) is 0 Å². The second-order valence-electron chi connectivity index (χ2n) is 12.3. The molecule has 0 saturated carbocycles. The topological polar surface area (TPSA) is 122 Å². The van der Waals surface area contributed by atoms with Crippen LogP contribution < -0.4 is 10.6 Å². The highest BCUT2D eigenvalue weighted by molar-refractivity contribution is 6.06. The number of carbonyl (C=O) groups is 2. The molecule has 1 unspecified atom stereocenters. The molecule has 3 atom stereocenters. The van der Waals surface area contributed by atoms with Crippen LogP contribution in [-0.4, -0.2) is 36.7 Å². The van der Waals surface area contributed by atoms with Crippen LogP contribution in [0.3, 0.4) is 0 Å². The van der Waals surface area contributed by atoms with Gasteiger partial charge in [0, 0.05) is 29.8 Å². The van der Waals surface area contributed by atoms with E-state index >= 15 is 0 Å². The van der Waals surface area contributed by atoms with Crippen molar-refractivity contribution in [2.45, 2.75) is 69.1 Å². The first-order valence-electron chi connectivity index (χ1n) is 14.3. The molecular formula is C32H30F2N6O3. The summed E-state index contributed by atoms with van der Waals surface area (Å²) in [4.78, 5) is 31.1. The van der Waals surface area contributed by atoms with Crippen LogP contribution in [0.4, 0.5) is 14.6 Å². The van der Waals surface area contributed by atoms with Gasteiger partial charge in [0.1, 0.15) is 11.4 Å². The van der Waals surface area contributed by atoms with Crippen LogP contribution >= 0.6 is 0 Å². The zero-order valence-electron chi connectivity index (χ0n) is 23.7. The predicted molar refractivity (Wildman–Crippen MR) is 152 cm³/mol. The number of fused-ring (bicyclic) bond motifs is 4. The van der Waals surface area contributed by atoms with Gasteiger partial charge in [-0.2, -0.15) is 0 Å². The molecule has 3 aliphatic rings. The van der Waals surface area contributed by atoms with Crippen LogP contribution in [0.25, 0.3) is 0 Å². The molecular weight excluding hydrogens is 554 g/mol. The Morgan fingerprint density at radius 1 is 1.09 bits per heavy atom. The predicted octanol–water partition coefficient (Wildman–Crippen LogP) is 4.22. The Bertz CT molecular complexity index is 1800. The summed E-state index contributed by atoms with van der Waals surface area (Å²) in [5.74, 6) is -1.38. The molecule has 2 amide bonds. The number of halogens is 2. The number of nitrogens with zero attached hydrogens (tertiary/aromatic N) is 4. The zero-order chi connectivity index (χ0) is 30.1. The first-order valence-corrected chi connectivity index (χ1v) is 14.3. The molecule has 4 aromatic rings. The van der Waals surface area contributed by atoms with E-state index in [1.807, 2.05) is 24.3 Å². The Labute approximate surface area is 246 Å². The molecule has 1 aliphatic carbocycles. The van der Waals surface area contributed by atoms with Gasteiger partial charge >= 0.3 is 0 Å². The third-order valence-electron chi connectivity index (χ3n) is 9.01. The first kappa shape index (κ1) is 27.3. The Balaban J connectivity index is 1.17. The van der Waals surface area contributed by atoms with E-state index in [1.165, 1.54) is 6.07 Å². The van der Waals surface area contributed by atoms with E-state index in [2.05, 4.69) is 25.8 Å². The van der Waals surface area contributed by atoms with Crippen molar-refractivity contribution in [3.63, 3.8) is 0 Å². The number of hydrogen-bond acceptors (Lipinski definition) is 6. The van der Waals surface area contributed by atoms with Crippen molar-refractivity contribution in [1.82, 2.24) is 25.1 Å². The number of aromatic nitrogens is 4. The van der Waals surface area contributed by atoms with Gasteiger partial charge in [0.2, 0.25) is 5.91 Å². The van der Waals surface area contributed by atoms with Crippen LogP contribution in [-0.2, 0) is 35.2 Å². The minimum atomic E-state index is -1.36. The van der Waals surface area contributed by atoms with Crippen LogP contribution in [0.2, 0.25) is 0 Å². The van der Waals surface area contributed by atoms with Crippen molar-refractivity contribution >= 4 is 17.6 Å². The molecule has 0 radical (unpaired) electrons. The summed E-state index contributed by atoms with van der Waals surface area (Å²) in [6.45, 7) is 3.38. The maximum Gasteiger partial charge on any atom is 0.251 e. The molecule has 0 saturated heterocycles. The quantitative estimate of drug-likeness (QED) is 0.330. The molecule has 7 rings (SSSR count). The van der Waals surface area contributed by atoms with Gasteiger partial charge in [0.25, 0.3) is 5.91 Å². The summed E-state index contributed by atoms with van der Waals surface area (Å²) in [6, 6.07) is 12.8. The highest BCUT2D eigenvalue weighted by Gasteiger charge is 2.51. The second-order valence-corrected chi connectivity index (χ2v) is 12.3. The Morgan fingerprint density at radius 2 is 1.91 bits per heavy atom. The van der Waals surface area contributed by atoms with Gasteiger partial charge in [-0.3, -0.25) is 9.59 Å². The summed E-state index contributed by atoms with van der Waals surface area (Å²) in [6.07, 6.45) is 3.47. The molecule has 2 aliphatic heterocycles. The lowest BCUT2D eigenvalue weighted by Crippen LogP contribution is -2.35. The number of benzene rings is 2. The highest BCUT2D eigenvalue weighted by atomic mass is 19.2. The average Bonchev–Trinajstić information content (AvgIpc) is 3.62. The summed E-state index contributed by atoms with van der Waals surface area (Å²) in [5, 5.41) is 25.3. The molecule has 9 nitrogen and oxygen atoms in total. The van der Waals surface area contributed by atoms with Gasteiger partial charge in [-0.25, -0.2) is 13.8 Å². The van der Waals surface area contributed by atoms with Crippen molar-refractivity contribution in [1.29, 1.82) is 0 Å². The lowest BCUT2D eigenvalue weighted by molar-refractivity contribution is -0.120. The average molecular weight is 585 g/mol. The van der Waals surface area contributed by atoms with Gasteiger partial charge in [0.15, 0.2) is 23.3 Å². The Hall–Kier alpha value is -4.51. The molecule has 2 aromatic heterocycles. The third-order valence-corrected chi connectivity index (χ3v) is 9.01. The second kappa shape index (κ2) is 9.77. The SMILES string of the molecule is CC(C)(O)c1nnc2n1C[C@H](c1cccc(F)c1F)CC[C@H]2NC(=O)c1ccc2c(c1)CC1(C2)C(=O)Nc2ncccc21. The largest absolute Gasteiger partial charge is 0.382 e. The molecule has 11 heteroatoms. The molecule has 2 aromatic carbocycles. The number of hydrogen-bond donors (Lipinski definition) is 3. The first-order chi connectivity index (χ1) is 20.5. The van der Waals surface area contributed by atoms with Crippen molar-refractivity contribution in [2.75, 3.05) is 5.32 Å². The van der Waals surface area contributed by atoms with Crippen LogP contribution in [0, 0.1) is 11.6 Å². The van der Waals surface area contributed by atoms with Gasteiger partial charge in [-0.15, -0.1) is 10.2 Å². The summed E-state index contributed by atoms with van der Waals surface area (Å²) >= 11 is 0. The molecule has 0 bridgehead atoms. The fraction of sp³-hybridized carbons (Fsp3) is 0.344. The van der Waals surface area contributed by atoms with Crippen molar-refractivity contribution in [3.05, 3.63) is 106 Å². The number of nitrogens with one attached hydrogen (secondary N) is 2. The monoisotopic (exact) mass is 584 g/mol. The lowest BCUT2D eigenvalue weighted by atomic mass is 9.79. The van der Waals surface area contributed by atoms with Gasteiger partial charge in [0.05, 0.1) is 11.5 Å². The summed E-state index contributed by atoms with van der Waals surface area (Å²) < 4.78 is 30.7. The minimum Gasteiger partial charge on any atom is -0.382 e. The number of carbonyl (C=O) groups excluding carboxylic acids is 2. The molecule has 220 valence electrons. The Kier molecular flexibility index (Phi) is 6.21. The fourth-order valence-corrected chi connectivity index (χ4v) is 6.89. The number of pyridine rings is 1. The van der Waals surface area contributed by atoms with Gasteiger partial charge in [-0.05, 0) is 80.5 Å². The fourth-order valence-electron chi connectivity index (χ4n) is 6.89. The van der Waals surface area contributed by atoms with Gasteiger partial charge in [-0.1, -0.05) is 24.3 Å². The minimum absolute atomic E-state index is 0.0897. The van der Waals surface area contributed by atoms with Crippen LogP contribution in [0.15, 0.2) is 54.7 Å². The maximum atomic E-state index is 14.8. The van der Waals surface area contributed by atoms with Crippen LogP contribution in [0.1, 0.15) is 82.9 Å². The van der Waals surface area contributed by atoms with Crippen molar-refractivity contribution in [2.24, 2.45) is 0 Å². The molecule has 43 heavy (non-hydrogen) atoms. The standard InChI is InChI=1S/C32H30F2N6O3/c1-31(2,43)29-39-38-27-24(11-10-19(16-40(27)29)21-5-3-7-23(33)25(21)34)36-28(41)17-8-9-18-14-32(15-20(18)13-17)22-6-4-12-35-26(22)37-30(32)42/h3-9,12-13,19,24,43H,10-11,14-16H2,1-2H3,(H,36,41)(H,35,37,42)/t19-,24-,32?/m1/s1. The smallest absolute Gasteiger partial charge is 0.251 e. The third kappa shape index (κ3) is 4.41. The van der Waals surface area contributed by atoms with Crippen molar-refractivity contribution in [3.8, 4) is 0 Å². The Morgan fingerprint density at radius 3 is 2.72 bits per heavy atom. The van der Waals surface area contributed by atoms with Crippen molar-refractivity contribution < 1.29 is 23.5 Å². The van der Waals surface area contributed by atoms with E-state index < -0.39 is 34.6 Å². The highest BCUT2D eigenvalue weighted by Crippen LogP contribution is 2.46. The van der Waals surface area contributed by atoms with E-state index in [0.29, 0.717) is 42.9 Å². The van der Waals surface area contributed by atoms with E-state index in [4.69, 9.17) is 0 Å². The molecule has 1 spiro atoms. The van der Waals surface area contributed by atoms with E-state index in [1.54, 1.807) is 36.7 Å². The normalized spacial score (nSPS) is 22.5. The number of anilines is 1. The van der Waals surface area contributed by atoms with E-state index in [-0.39, 0.29) is 29.7 Å². The number of amides is 2. The maximum absolute atomic E-state index is 14.8. The number of rotatable bonds is 4. The van der Waals surface area contributed by atoms with E-state index in [0.717, 1.165) is 22.8 Å². The lowest BCUT2D eigenvalue weighted by Gasteiger charge is -2.22. The molecule has 0 fully saturated rings. The zero-order valence-corrected chi connectivity index (χ0v) is 23.7. The van der Waals surface area contributed by atoms with E-state index in [9.17, 15) is 23.5 Å². The summed E-state index contributed by atoms with van der Waals surface area (Å²) in [7, 11) is 0.